The van der Waals surface area contributed by atoms with Crippen LogP contribution in [0.4, 0.5) is 13.6 Å². The van der Waals surface area contributed by atoms with Crippen molar-refractivity contribution in [3.05, 3.63) is 82.3 Å². The first-order chi connectivity index (χ1) is 20.2. The van der Waals surface area contributed by atoms with Crippen LogP contribution >= 0.6 is 11.6 Å². The molecule has 43 heavy (non-hydrogen) atoms. The SMILES string of the molecule is Cc1cc(-n2cc(F)cn2)c2cccc(OCc3c(Cl)cc(F)cc3C(C)NC(=O)C(O)CNC(=O)OC(C)(C)C)c2n1. The summed E-state index contributed by atoms with van der Waals surface area (Å²) in [6.45, 7) is 7.92. The van der Waals surface area contributed by atoms with Crippen LogP contribution in [0.2, 0.25) is 5.02 Å². The van der Waals surface area contributed by atoms with E-state index in [1.807, 2.05) is 0 Å². The summed E-state index contributed by atoms with van der Waals surface area (Å²) in [6, 6.07) is 8.59. The molecule has 2 aromatic carbocycles. The number of para-hydroxylation sites is 1. The summed E-state index contributed by atoms with van der Waals surface area (Å²) in [5.74, 6) is -1.52. The Kier molecular flexibility index (Phi) is 9.51. The number of hydrogen-bond donors (Lipinski definition) is 3. The second kappa shape index (κ2) is 12.9. The fourth-order valence-corrected chi connectivity index (χ4v) is 4.62. The van der Waals surface area contributed by atoms with Crippen LogP contribution in [-0.4, -0.2) is 50.1 Å². The average Bonchev–Trinajstić information content (AvgIpc) is 3.35. The maximum Gasteiger partial charge on any atom is 0.407 e. The highest BCUT2D eigenvalue weighted by Crippen LogP contribution is 2.32. The van der Waals surface area contributed by atoms with Crippen molar-refractivity contribution in [2.45, 2.75) is 59.0 Å². The number of alkyl carbamates (subject to hydrolysis) is 1. The molecular formula is C30H32ClF2N5O5. The lowest BCUT2D eigenvalue weighted by Crippen LogP contribution is -2.44. The Morgan fingerprint density at radius 1 is 1.16 bits per heavy atom. The van der Waals surface area contributed by atoms with Crippen LogP contribution in [-0.2, 0) is 16.1 Å². The zero-order valence-corrected chi connectivity index (χ0v) is 25.0. The molecule has 0 bridgehead atoms. The van der Waals surface area contributed by atoms with Crippen LogP contribution in [0.1, 0.15) is 50.6 Å². The number of aromatic nitrogens is 3. The zero-order chi connectivity index (χ0) is 31.5. The molecule has 0 radical (unpaired) electrons. The van der Waals surface area contributed by atoms with Crippen molar-refractivity contribution in [1.29, 1.82) is 0 Å². The molecule has 0 aliphatic carbocycles. The van der Waals surface area contributed by atoms with E-state index < -0.39 is 47.9 Å². The second-order valence-corrected chi connectivity index (χ2v) is 11.3. The van der Waals surface area contributed by atoms with Gasteiger partial charge in [-0.15, -0.1) is 0 Å². The number of aryl methyl sites for hydroxylation is 1. The summed E-state index contributed by atoms with van der Waals surface area (Å²) in [5, 5.41) is 20.0. The van der Waals surface area contributed by atoms with E-state index in [4.69, 9.17) is 21.1 Å². The Balaban J connectivity index is 1.53. The number of pyridine rings is 1. The first-order valence-electron chi connectivity index (χ1n) is 13.4. The van der Waals surface area contributed by atoms with Gasteiger partial charge < -0.3 is 25.2 Å². The molecule has 0 fully saturated rings. The van der Waals surface area contributed by atoms with Crippen LogP contribution in [0.15, 0.2) is 48.8 Å². The molecule has 13 heteroatoms. The van der Waals surface area contributed by atoms with Crippen LogP contribution in [0.5, 0.6) is 5.75 Å². The van der Waals surface area contributed by atoms with E-state index in [0.29, 0.717) is 39.2 Å². The summed E-state index contributed by atoms with van der Waals surface area (Å²) in [4.78, 5) is 29.1. The largest absolute Gasteiger partial charge is 0.487 e. The third-order valence-corrected chi connectivity index (χ3v) is 6.58. The van der Waals surface area contributed by atoms with Crippen molar-refractivity contribution in [3.63, 3.8) is 0 Å². The number of ether oxygens (including phenoxy) is 2. The minimum Gasteiger partial charge on any atom is -0.487 e. The summed E-state index contributed by atoms with van der Waals surface area (Å²) in [6.07, 6.45) is -0.0184. The molecule has 4 aromatic rings. The number of halogens is 3. The van der Waals surface area contributed by atoms with Gasteiger partial charge in [-0.2, -0.15) is 5.10 Å². The molecule has 2 aromatic heterocycles. The molecule has 0 saturated heterocycles. The normalized spacial score (nSPS) is 13.0. The smallest absolute Gasteiger partial charge is 0.407 e. The van der Waals surface area contributed by atoms with Crippen molar-refractivity contribution in [1.82, 2.24) is 25.4 Å². The molecule has 10 nitrogen and oxygen atoms in total. The van der Waals surface area contributed by atoms with Gasteiger partial charge in [0, 0.05) is 16.6 Å². The number of aliphatic hydroxyl groups is 1. The van der Waals surface area contributed by atoms with Gasteiger partial charge in [-0.05, 0) is 64.4 Å². The fraction of sp³-hybridized carbons (Fsp3) is 0.333. The van der Waals surface area contributed by atoms with Gasteiger partial charge in [-0.1, -0.05) is 23.7 Å². The predicted molar refractivity (Wildman–Crippen MR) is 156 cm³/mol. The highest BCUT2D eigenvalue weighted by Gasteiger charge is 2.24. The molecule has 3 N–H and O–H groups in total. The van der Waals surface area contributed by atoms with Crippen molar-refractivity contribution < 1.29 is 33.0 Å². The van der Waals surface area contributed by atoms with Gasteiger partial charge in [0.2, 0.25) is 0 Å². The van der Waals surface area contributed by atoms with E-state index >= 15 is 0 Å². The van der Waals surface area contributed by atoms with Crippen molar-refractivity contribution in [3.8, 4) is 11.4 Å². The van der Waals surface area contributed by atoms with Crippen molar-refractivity contribution in [2.24, 2.45) is 0 Å². The number of hydrogen-bond acceptors (Lipinski definition) is 7. The van der Waals surface area contributed by atoms with E-state index in [9.17, 15) is 23.5 Å². The molecule has 2 heterocycles. The molecule has 0 saturated carbocycles. The summed E-state index contributed by atoms with van der Waals surface area (Å²) in [7, 11) is 0. The molecule has 2 unspecified atom stereocenters. The first-order valence-corrected chi connectivity index (χ1v) is 13.8. The number of carbonyl (C=O) groups excluding carboxylic acids is 2. The number of aliphatic hydroxyl groups excluding tert-OH is 1. The summed E-state index contributed by atoms with van der Waals surface area (Å²) in [5.41, 5.74) is 1.72. The minimum atomic E-state index is -1.60. The van der Waals surface area contributed by atoms with E-state index in [1.165, 1.54) is 16.9 Å². The minimum absolute atomic E-state index is 0.0697. The lowest BCUT2D eigenvalue weighted by atomic mass is 10.0. The number of rotatable bonds is 9. The van der Waals surface area contributed by atoms with Gasteiger partial charge in [0.25, 0.3) is 5.91 Å². The van der Waals surface area contributed by atoms with Crippen LogP contribution in [0.3, 0.4) is 0 Å². The van der Waals surface area contributed by atoms with Gasteiger partial charge >= 0.3 is 6.09 Å². The maximum absolute atomic E-state index is 14.4. The third kappa shape index (κ3) is 7.96. The lowest BCUT2D eigenvalue weighted by Gasteiger charge is -2.22. The molecule has 4 rings (SSSR count). The van der Waals surface area contributed by atoms with Crippen LogP contribution in [0, 0.1) is 18.6 Å². The summed E-state index contributed by atoms with van der Waals surface area (Å²) < 4.78 is 40.8. The molecule has 0 aliphatic heterocycles. The number of carbonyl (C=O) groups is 2. The van der Waals surface area contributed by atoms with E-state index in [2.05, 4.69) is 20.7 Å². The predicted octanol–water partition coefficient (Wildman–Crippen LogP) is 5.30. The monoisotopic (exact) mass is 615 g/mol. The van der Waals surface area contributed by atoms with Gasteiger partial charge in [0.1, 0.15) is 35.4 Å². The van der Waals surface area contributed by atoms with Gasteiger partial charge in [0.05, 0.1) is 35.7 Å². The Morgan fingerprint density at radius 2 is 1.91 bits per heavy atom. The van der Waals surface area contributed by atoms with E-state index in [1.54, 1.807) is 58.9 Å². The fourth-order valence-electron chi connectivity index (χ4n) is 4.35. The van der Waals surface area contributed by atoms with Crippen molar-refractivity contribution in [2.75, 3.05) is 6.54 Å². The number of benzene rings is 2. The van der Waals surface area contributed by atoms with Gasteiger partial charge in [-0.3, -0.25) is 4.79 Å². The molecule has 228 valence electrons. The highest BCUT2D eigenvalue weighted by molar-refractivity contribution is 6.31. The molecule has 0 aliphatic rings. The van der Waals surface area contributed by atoms with Crippen LogP contribution in [0.25, 0.3) is 16.6 Å². The average molecular weight is 616 g/mol. The Morgan fingerprint density at radius 3 is 2.58 bits per heavy atom. The zero-order valence-electron chi connectivity index (χ0n) is 24.2. The highest BCUT2D eigenvalue weighted by atomic mass is 35.5. The quantitative estimate of drug-likeness (QED) is 0.233. The standard InChI is InChI=1S/C30H32ClF2N5O5/c1-16-9-24(38-14-19(33)12-35-38)20-7-6-8-26(27(20)36-16)42-15-22-21(10-18(32)11-23(22)31)17(2)37-28(40)25(39)13-34-29(41)43-30(3,4)5/h6-12,14,17,25,39H,13,15H2,1-5H3,(H,34,41)(H,37,40). The summed E-state index contributed by atoms with van der Waals surface area (Å²) >= 11 is 6.43. The van der Waals surface area contributed by atoms with Crippen molar-refractivity contribution >= 4 is 34.5 Å². The molecule has 0 spiro atoms. The first kappa shape index (κ1) is 31.6. The lowest BCUT2D eigenvalue weighted by molar-refractivity contribution is -0.129. The maximum atomic E-state index is 14.4. The number of fused-ring (bicyclic) bond motifs is 1. The van der Waals surface area contributed by atoms with Gasteiger partial charge in [-0.25, -0.2) is 23.2 Å². The molecule has 2 amide bonds. The number of nitrogens with zero attached hydrogens (tertiary/aromatic N) is 3. The number of amides is 2. The Labute approximate surface area is 252 Å². The molecular weight excluding hydrogens is 584 g/mol. The second-order valence-electron chi connectivity index (χ2n) is 10.9. The topological polar surface area (TPSA) is 128 Å². The Hall–Kier alpha value is -4.29. The van der Waals surface area contributed by atoms with E-state index in [0.717, 1.165) is 12.3 Å². The Bertz CT molecular complexity index is 1660. The molecule has 2 atom stereocenters. The van der Waals surface area contributed by atoms with E-state index in [-0.39, 0.29) is 11.6 Å². The number of nitrogens with one attached hydrogen (secondary N) is 2. The van der Waals surface area contributed by atoms with Crippen LogP contribution < -0.4 is 15.4 Å². The third-order valence-electron chi connectivity index (χ3n) is 6.24. The van der Waals surface area contributed by atoms with Gasteiger partial charge in [0.15, 0.2) is 5.82 Å².